The topological polar surface area (TPSA) is 47.6 Å². The molecule has 8 heteroatoms. The standard InChI is InChI=1S/C16H13Cl2F2NO3/c17-10-1-3-14(12(18)7-10)24-9-16(22)21-5-6-23-15-4-2-11(19)8-13(15)20/h1-4,7-8H,5-6,9H2,(H,21,22). The third kappa shape index (κ3) is 5.54. The third-order valence-electron chi connectivity index (χ3n) is 2.83. The van der Waals surface area contributed by atoms with Gasteiger partial charge in [0, 0.05) is 11.1 Å². The molecular formula is C16H13Cl2F2NO3. The first-order valence-corrected chi connectivity index (χ1v) is 7.63. The first-order chi connectivity index (χ1) is 11.5. The minimum Gasteiger partial charge on any atom is -0.489 e. The van der Waals surface area contributed by atoms with Gasteiger partial charge in [0.05, 0.1) is 11.6 Å². The fraction of sp³-hybridized carbons (Fsp3) is 0.188. The number of amides is 1. The lowest BCUT2D eigenvalue weighted by Gasteiger charge is -2.10. The smallest absolute Gasteiger partial charge is 0.258 e. The number of hydrogen-bond donors (Lipinski definition) is 1. The molecule has 0 aliphatic carbocycles. The van der Waals surface area contributed by atoms with Gasteiger partial charge >= 0.3 is 0 Å². The molecule has 128 valence electrons. The number of nitrogens with one attached hydrogen (secondary N) is 1. The third-order valence-corrected chi connectivity index (χ3v) is 3.36. The van der Waals surface area contributed by atoms with E-state index in [2.05, 4.69) is 5.32 Å². The Morgan fingerprint density at radius 1 is 1.04 bits per heavy atom. The molecule has 1 amide bonds. The van der Waals surface area contributed by atoms with Crippen molar-refractivity contribution in [2.24, 2.45) is 0 Å². The second-order valence-corrected chi connectivity index (χ2v) is 5.48. The molecule has 0 aromatic heterocycles. The zero-order valence-electron chi connectivity index (χ0n) is 12.3. The summed E-state index contributed by atoms with van der Waals surface area (Å²) in [5, 5.41) is 3.29. The zero-order chi connectivity index (χ0) is 17.5. The molecule has 2 rings (SSSR count). The second kappa shape index (κ2) is 8.70. The summed E-state index contributed by atoms with van der Waals surface area (Å²) in [5.74, 6) is -1.65. The first-order valence-electron chi connectivity index (χ1n) is 6.88. The molecule has 0 saturated carbocycles. The van der Waals surface area contributed by atoms with Gasteiger partial charge in [-0.3, -0.25) is 4.79 Å². The predicted octanol–water partition coefficient (Wildman–Crippen LogP) is 3.85. The molecule has 2 aromatic carbocycles. The lowest BCUT2D eigenvalue weighted by atomic mass is 10.3. The number of ether oxygens (including phenoxy) is 2. The van der Waals surface area contributed by atoms with Crippen molar-refractivity contribution in [2.75, 3.05) is 19.8 Å². The monoisotopic (exact) mass is 375 g/mol. The van der Waals surface area contributed by atoms with E-state index in [1.54, 1.807) is 12.1 Å². The highest BCUT2D eigenvalue weighted by atomic mass is 35.5. The molecule has 0 atom stereocenters. The molecule has 0 unspecified atom stereocenters. The van der Waals surface area contributed by atoms with Gasteiger partial charge in [0.15, 0.2) is 18.2 Å². The van der Waals surface area contributed by atoms with Gasteiger partial charge in [-0.25, -0.2) is 8.78 Å². The summed E-state index contributed by atoms with van der Waals surface area (Å²) in [5.41, 5.74) is 0. The van der Waals surface area contributed by atoms with Crippen molar-refractivity contribution in [1.82, 2.24) is 5.32 Å². The number of halogens is 4. The van der Waals surface area contributed by atoms with E-state index in [9.17, 15) is 13.6 Å². The highest BCUT2D eigenvalue weighted by Gasteiger charge is 2.07. The number of rotatable bonds is 7. The van der Waals surface area contributed by atoms with Crippen molar-refractivity contribution in [3.8, 4) is 11.5 Å². The van der Waals surface area contributed by atoms with Crippen LogP contribution in [0.1, 0.15) is 0 Å². The van der Waals surface area contributed by atoms with Crippen LogP contribution in [0.25, 0.3) is 0 Å². The lowest BCUT2D eigenvalue weighted by molar-refractivity contribution is -0.123. The van der Waals surface area contributed by atoms with Crippen molar-refractivity contribution < 1.29 is 23.0 Å². The average Bonchev–Trinajstić information content (AvgIpc) is 2.52. The summed E-state index contributed by atoms with van der Waals surface area (Å²) >= 11 is 11.7. The molecule has 24 heavy (non-hydrogen) atoms. The highest BCUT2D eigenvalue weighted by Crippen LogP contribution is 2.27. The van der Waals surface area contributed by atoms with Crippen LogP contribution in [0, 0.1) is 11.6 Å². The van der Waals surface area contributed by atoms with Gasteiger partial charge in [-0.05, 0) is 30.3 Å². The van der Waals surface area contributed by atoms with Crippen LogP contribution < -0.4 is 14.8 Å². The van der Waals surface area contributed by atoms with Crippen molar-refractivity contribution in [3.63, 3.8) is 0 Å². The van der Waals surface area contributed by atoms with E-state index >= 15 is 0 Å². The van der Waals surface area contributed by atoms with Crippen LogP contribution in [0.3, 0.4) is 0 Å². The number of carbonyl (C=O) groups excluding carboxylic acids is 1. The molecular weight excluding hydrogens is 363 g/mol. The molecule has 1 N–H and O–H groups in total. The number of carbonyl (C=O) groups is 1. The molecule has 0 aliphatic rings. The largest absolute Gasteiger partial charge is 0.489 e. The van der Waals surface area contributed by atoms with Crippen LogP contribution in [0.2, 0.25) is 10.0 Å². The molecule has 0 fully saturated rings. The summed E-state index contributed by atoms with van der Waals surface area (Å²) < 4.78 is 36.4. The summed E-state index contributed by atoms with van der Waals surface area (Å²) in [6.45, 7) is -0.0877. The summed E-state index contributed by atoms with van der Waals surface area (Å²) in [6, 6.07) is 7.63. The maximum absolute atomic E-state index is 13.3. The van der Waals surface area contributed by atoms with Gasteiger partial charge < -0.3 is 14.8 Å². The molecule has 0 bridgehead atoms. The van der Waals surface area contributed by atoms with Crippen LogP contribution >= 0.6 is 23.2 Å². The van der Waals surface area contributed by atoms with Gasteiger partial charge in [0.25, 0.3) is 5.91 Å². The number of hydrogen-bond acceptors (Lipinski definition) is 3. The summed E-state index contributed by atoms with van der Waals surface area (Å²) in [4.78, 5) is 11.6. The Labute approximate surface area is 147 Å². The molecule has 4 nitrogen and oxygen atoms in total. The van der Waals surface area contributed by atoms with E-state index < -0.39 is 17.5 Å². The second-order valence-electron chi connectivity index (χ2n) is 4.64. The number of benzene rings is 2. The SMILES string of the molecule is O=C(COc1ccc(Cl)cc1Cl)NCCOc1ccc(F)cc1F. The fourth-order valence-corrected chi connectivity index (χ4v) is 2.19. The van der Waals surface area contributed by atoms with Crippen LogP contribution in [-0.4, -0.2) is 25.7 Å². The van der Waals surface area contributed by atoms with Crippen LogP contribution in [-0.2, 0) is 4.79 Å². The Morgan fingerprint density at radius 3 is 2.50 bits per heavy atom. The average molecular weight is 376 g/mol. The Hall–Kier alpha value is -2.05. The molecule has 0 radical (unpaired) electrons. The maximum atomic E-state index is 13.3. The lowest BCUT2D eigenvalue weighted by Crippen LogP contribution is -2.32. The maximum Gasteiger partial charge on any atom is 0.258 e. The van der Waals surface area contributed by atoms with E-state index in [1.165, 1.54) is 12.1 Å². The minimum atomic E-state index is -0.804. The predicted molar refractivity (Wildman–Crippen MR) is 86.8 cm³/mol. The van der Waals surface area contributed by atoms with E-state index in [0.29, 0.717) is 15.8 Å². The summed E-state index contributed by atoms with van der Waals surface area (Å²) in [6.07, 6.45) is 0. The van der Waals surface area contributed by atoms with E-state index in [0.717, 1.165) is 12.1 Å². The molecule has 2 aromatic rings. The van der Waals surface area contributed by atoms with E-state index in [1.807, 2.05) is 0 Å². The normalized spacial score (nSPS) is 10.3. The van der Waals surface area contributed by atoms with Crippen molar-refractivity contribution in [3.05, 3.63) is 58.1 Å². The van der Waals surface area contributed by atoms with E-state index in [4.69, 9.17) is 32.7 Å². The van der Waals surface area contributed by atoms with Crippen LogP contribution in [0.5, 0.6) is 11.5 Å². The Balaban J connectivity index is 1.69. The Kier molecular flexibility index (Phi) is 6.63. The van der Waals surface area contributed by atoms with Crippen molar-refractivity contribution >= 4 is 29.1 Å². The van der Waals surface area contributed by atoms with Gasteiger partial charge in [-0.1, -0.05) is 23.2 Å². The molecule has 0 aliphatic heterocycles. The first kappa shape index (κ1) is 18.3. The van der Waals surface area contributed by atoms with Gasteiger partial charge in [0.1, 0.15) is 18.2 Å². The zero-order valence-corrected chi connectivity index (χ0v) is 13.8. The van der Waals surface area contributed by atoms with Crippen LogP contribution in [0.4, 0.5) is 8.78 Å². The van der Waals surface area contributed by atoms with Crippen LogP contribution in [0.15, 0.2) is 36.4 Å². The van der Waals surface area contributed by atoms with Crippen molar-refractivity contribution in [1.29, 1.82) is 0 Å². The van der Waals surface area contributed by atoms with Gasteiger partial charge in [0.2, 0.25) is 0 Å². The summed E-state index contributed by atoms with van der Waals surface area (Å²) in [7, 11) is 0. The quantitative estimate of drug-likeness (QED) is 0.747. The Bertz CT molecular complexity index is 728. The van der Waals surface area contributed by atoms with E-state index in [-0.39, 0.29) is 25.5 Å². The molecule has 0 saturated heterocycles. The molecule has 0 spiro atoms. The fourth-order valence-electron chi connectivity index (χ4n) is 1.73. The van der Waals surface area contributed by atoms with Gasteiger partial charge in [-0.15, -0.1) is 0 Å². The Morgan fingerprint density at radius 2 is 1.79 bits per heavy atom. The molecule has 0 heterocycles. The minimum absolute atomic E-state index is 0.0238. The van der Waals surface area contributed by atoms with Gasteiger partial charge in [-0.2, -0.15) is 0 Å². The highest BCUT2D eigenvalue weighted by molar-refractivity contribution is 6.35. The van der Waals surface area contributed by atoms with Crippen molar-refractivity contribution in [2.45, 2.75) is 0 Å².